The lowest BCUT2D eigenvalue weighted by molar-refractivity contribution is -0.143. The number of nitrogens with zero attached hydrogens (tertiary/aromatic N) is 1. The fourth-order valence-corrected chi connectivity index (χ4v) is 4.18. The number of likely N-dealkylation sites (tertiary alicyclic amines) is 1. The number of hydrogen-bond acceptors (Lipinski definition) is 2. The van der Waals surface area contributed by atoms with Crippen LogP contribution in [0.4, 0.5) is 0 Å². The van der Waals surface area contributed by atoms with E-state index >= 15 is 0 Å². The van der Waals surface area contributed by atoms with Crippen molar-refractivity contribution in [3.63, 3.8) is 0 Å². The summed E-state index contributed by atoms with van der Waals surface area (Å²) >= 11 is 0. The molecule has 0 aliphatic carbocycles. The highest BCUT2D eigenvalue weighted by molar-refractivity contribution is 5.85. The van der Waals surface area contributed by atoms with E-state index < -0.39 is 5.97 Å². The highest BCUT2D eigenvalue weighted by atomic mass is 35.5. The molecule has 0 unspecified atom stereocenters. The van der Waals surface area contributed by atoms with Crippen LogP contribution >= 0.6 is 12.4 Å². The van der Waals surface area contributed by atoms with Crippen molar-refractivity contribution in [2.24, 2.45) is 5.92 Å². The molecule has 0 radical (unpaired) electrons. The third-order valence-corrected chi connectivity index (χ3v) is 5.80. The molecule has 0 bridgehead atoms. The van der Waals surface area contributed by atoms with Gasteiger partial charge in [-0.25, -0.2) is 0 Å². The van der Waals surface area contributed by atoms with Gasteiger partial charge in [-0.05, 0) is 61.9 Å². The summed E-state index contributed by atoms with van der Waals surface area (Å²) in [5.41, 5.74) is 3.87. The zero-order valence-corrected chi connectivity index (χ0v) is 18.5. The van der Waals surface area contributed by atoms with E-state index in [4.69, 9.17) is 0 Å². The lowest BCUT2D eigenvalue weighted by Crippen LogP contribution is -2.39. The van der Waals surface area contributed by atoms with E-state index in [-0.39, 0.29) is 18.3 Å². The van der Waals surface area contributed by atoms with Gasteiger partial charge in [0.15, 0.2) is 0 Å². The van der Waals surface area contributed by atoms with E-state index in [1.165, 1.54) is 42.4 Å². The molecule has 1 aliphatic heterocycles. The number of carbonyl (C=O) groups is 1. The van der Waals surface area contributed by atoms with Crippen molar-refractivity contribution in [3.8, 4) is 0 Å². The molecule has 0 aromatic heterocycles. The standard InChI is InChI=1S/C26H33NO2.ClH/c28-26(29)24-17-12-20-27(21-24)19-11-3-1-2-10-18-25(22-13-6-4-7-14-22)23-15-8-5-9-16-23;/h4-9,13-16,18,24H,1-3,10-12,17,19-21H2,(H,28,29);1H/t24-;/m1./s1. The molecular weight excluding hydrogens is 394 g/mol. The third kappa shape index (κ3) is 7.62. The lowest BCUT2D eigenvalue weighted by atomic mass is 9.96. The number of rotatable bonds is 10. The molecule has 1 atom stereocenters. The lowest BCUT2D eigenvalue weighted by Gasteiger charge is -2.30. The number of hydrogen-bond donors (Lipinski definition) is 1. The molecule has 1 saturated heterocycles. The Morgan fingerprint density at radius 1 is 0.933 bits per heavy atom. The number of benzene rings is 2. The Hall–Kier alpha value is -2.10. The second-order valence-electron chi connectivity index (χ2n) is 8.03. The smallest absolute Gasteiger partial charge is 0.307 e. The molecule has 3 rings (SSSR count). The van der Waals surface area contributed by atoms with Gasteiger partial charge >= 0.3 is 5.97 Å². The normalized spacial score (nSPS) is 16.5. The highest BCUT2D eigenvalue weighted by Gasteiger charge is 2.24. The maximum Gasteiger partial charge on any atom is 0.307 e. The molecule has 1 fully saturated rings. The van der Waals surface area contributed by atoms with E-state index in [1.54, 1.807) is 0 Å². The minimum atomic E-state index is -0.630. The number of allylic oxidation sites excluding steroid dienone is 1. The number of unbranched alkanes of at least 4 members (excludes halogenated alkanes) is 4. The Balaban J connectivity index is 0.00000320. The topological polar surface area (TPSA) is 40.5 Å². The number of halogens is 1. The minimum Gasteiger partial charge on any atom is -0.481 e. The quantitative estimate of drug-likeness (QED) is 0.453. The van der Waals surface area contributed by atoms with Gasteiger partial charge in [-0.1, -0.05) is 79.6 Å². The molecule has 162 valence electrons. The van der Waals surface area contributed by atoms with Crippen LogP contribution in [0.15, 0.2) is 66.7 Å². The average molecular weight is 428 g/mol. The van der Waals surface area contributed by atoms with Gasteiger partial charge in [-0.3, -0.25) is 4.79 Å². The average Bonchev–Trinajstić information content (AvgIpc) is 2.77. The molecule has 2 aromatic rings. The molecule has 3 nitrogen and oxygen atoms in total. The van der Waals surface area contributed by atoms with Gasteiger partial charge < -0.3 is 10.0 Å². The third-order valence-electron chi connectivity index (χ3n) is 5.80. The number of carboxylic acid groups (broad SMARTS) is 1. The Labute approximate surface area is 187 Å². The summed E-state index contributed by atoms with van der Waals surface area (Å²) in [6, 6.07) is 21.3. The molecule has 0 amide bonds. The summed E-state index contributed by atoms with van der Waals surface area (Å²) in [5, 5.41) is 9.20. The molecule has 1 N–H and O–H groups in total. The monoisotopic (exact) mass is 427 g/mol. The summed E-state index contributed by atoms with van der Waals surface area (Å²) < 4.78 is 0. The number of carboxylic acids is 1. The van der Waals surface area contributed by atoms with Crippen LogP contribution in [0, 0.1) is 5.92 Å². The minimum absolute atomic E-state index is 0. The van der Waals surface area contributed by atoms with Gasteiger partial charge in [0.1, 0.15) is 0 Å². The van der Waals surface area contributed by atoms with E-state index in [9.17, 15) is 9.90 Å². The van der Waals surface area contributed by atoms with Crippen LogP contribution in [0.1, 0.15) is 56.1 Å². The summed E-state index contributed by atoms with van der Waals surface area (Å²) in [6.45, 7) is 2.83. The fraction of sp³-hybridized carbons (Fsp3) is 0.423. The summed E-state index contributed by atoms with van der Waals surface area (Å²) in [4.78, 5) is 13.5. The molecular formula is C26H34ClNO2. The molecule has 1 aliphatic rings. The van der Waals surface area contributed by atoms with Gasteiger partial charge in [0.05, 0.1) is 5.92 Å². The Morgan fingerprint density at radius 3 is 2.13 bits per heavy atom. The Morgan fingerprint density at radius 2 is 1.53 bits per heavy atom. The zero-order valence-electron chi connectivity index (χ0n) is 17.7. The second-order valence-corrected chi connectivity index (χ2v) is 8.03. The largest absolute Gasteiger partial charge is 0.481 e. The molecule has 2 aromatic carbocycles. The van der Waals surface area contributed by atoms with Gasteiger partial charge in [0.25, 0.3) is 0 Å². The predicted octanol–water partition coefficient (Wildman–Crippen LogP) is 6.29. The zero-order chi connectivity index (χ0) is 20.3. The van der Waals surface area contributed by atoms with E-state index in [2.05, 4.69) is 71.6 Å². The fourth-order valence-electron chi connectivity index (χ4n) is 4.18. The van der Waals surface area contributed by atoms with Crippen molar-refractivity contribution < 1.29 is 9.90 Å². The van der Waals surface area contributed by atoms with Gasteiger partial charge in [0, 0.05) is 6.54 Å². The van der Waals surface area contributed by atoms with Crippen molar-refractivity contribution in [2.45, 2.75) is 44.9 Å². The summed E-state index contributed by atoms with van der Waals surface area (Å²) in [6.07, 6.45) is 10.1. The maximum absolute atomic E-state index is 11.2. The van der Waals surface area contributed by atoms with E-state index in [0.29, 0.717) is 0 Å². The summed E-state index contributed by atoms with van der Waals surface area (Å²) in [5.74, 6) is -0.794. The van der Waals surface area contributed by atoms with Crippen molar-refractivity contribution in [1.29, 1.82) is 0 Å². The van der Waals surface area contributed by atoms with Crippen LogP contribution in [0.2, 0.25) is 0 Å². The number of aliphatic carboxylic acids is 1. The van der Waals surface area contributed by atoms with Crippen LogP contribution in [-0.4, -0.2) is 35.6 Å². The first-order valence-corrected chi connectivity index (χ1v) is 11.0. The second kappa shape index (κ2) is 13.3. The van der Waals surface area contributed by atoms with Gasteiger partial charge in [-0.2, -0.15) is 0 Å². The van der Waals surface area contributed by atoms with Crippen LogP contribution in [0.25, 0.3) is 5.57 Å². The Kier molecular flexibility index (Phi) is 10.7. The molecule has 0 saturated carbocycles. The SMILES string of the molecule is Cl.O=C(O)[C@@H]1CCCN(CCCCCCC=C(c2ccccc2)c2ccccc2)C1. The van der Waals surface area contributed by atoms with Crippen LogP contribution in [-0.2, 0) is 4.79 Å². The van der Waals surface area contributed by atoms with Crippen molar-refractivity contribution in [2.75, 3.05) is 19.6 Å². The maximum atomic E-state index is 11.2. The molecule has 4 heteroatoms. The molecule has 1 heterocycles. The summed E-state index contributed by atoms with van der Waals surface area (Å²) in [7, 11) is 0. The molecule has 0 spiro atoms. The van der Waals surface area contributed by atoms with Crippen molar-refractivity contribution in [1.82, 2.24) is 4.90 Å². The predicted molar refractivity (Wildman–Crippen MR) is 127 cm³/mol. The van der Waals surface area contributed by atoms with Crippen LogP contribution in [0.3, 0.4) is 0 Å². The van der Waals surface area contributed by atoms with Gasteiger partial charge in [-0.15, -0.1) is 12.4 Å². The van der Waals surface area contributed by atoms with E-state index in [1.807, 2.05) is 0 Å². The molecule has 30 heavy (non-hydrogen) atoms. The van der Waals surface area contributed by atoms with Gasteiger partial charge in [0.2, 0.25) is 0 Å². The number of piperidine rings is 1. The van der Waals surface area contributed by atoms with Crippen LogP contribution in [0.5, 0.6) is 0 Å². The van der Waals surface area contributed by atoms with Crippen molar-refractivity contribution in [3.05, 3.63) is 77.9 Å². The first-order chi connectivity index (χ1) is 14.2. The Bertz CT molecular complexity index is 735. The first kappa shape index (κ1) is 24.2. The first-order valence-electron chi connectivity index (χ1n) is 11.0. The highest BCUT2D eigenvalue weighted by Crippen LogP contribution is 2.24. The van der Waals surface area contributed by atoms with Crippen molar-refractivity contribution >= 4 is 23.9 Å². The van der Waals surface area contributed by atoms with Crippen LogP contribution < -0.4 is 0 Å². The van der Waals surface area contributed by atoms with E-state index in [0.717, 1.165) is 38.9 Å².